The average Bonchev–Trinajstić information content (AvgIpc) is 2.04. The van der Waals surface area contributed by atoms with Crippen molar-refractivity contribution in [1.82, 2.24) is 15.1 Å². The third-order valence-electron chi connectivity index (χ3n) is 2.09. The lowest BCUT2D eigenvalue weighted by Crippen LogP contribution is -2.54. The first-order valence-electron chi connectivity index (χ1n) is 4.34. The molecule has 6 heteroatoms. The summed E-state index contributed by atoms with van der Waals surface area (Å²) in [6, 6.07) is 0. The van der Waals surface area contributed by atoms with Crippen LogP contribution in [0.25, 0.3) is 0 Å². The van der Waals surface area contributed by atoms with Crippen LogP contribution in [0.2, 0.25) is 0 Å². The maximum Gasteiger partial charge on any atom is 0.186 e. The summed E-state index contributed by atoms with van der Waals surface area (Å²) in [6.07, 6.45) is 0. The predicted octanol–water partition coefficient (Wildman–Crippen LogP) is -1.04. The minimum Gasteiger partial charge on any atom is -0.314 e. The van der Waals surface area contributed by atoms with Gasteiger partial charge in [0.15, 0.2) is 16.6 Å². The van der Waals surface area contributed by atoms with Crippen LogP contribution in [-0.2, 0) is 11.1 Å². The van der Waals surface area contributed by atoms with Gasteiger partial charge in [0, 0.05) is 26.2 Å². The summed E-state index contributed by atoms with van der Waals surface area (Å²) in [5, 5.41) is 3.21. The number of nitrogens with zero attached hydrogens (tertiary/aromatic N) is 2. The van der Waals surface area contributed by atoms with Crippen LogP contribution in [0.3, 0.4) is 0 Å². The molecule has 0 saturated carbocycles. The van der Waals surface area contributed by atoms with Crippen LogP contribution < -0.4 is 5.32 Å². The summed E-state index contributed by atoms with van der Waals surface area (Å²) in [6.45, 7) is 3.44. The van der Waals surface area contributed by atoms with Gasteiger partial charge in [0.05, 0.1) is 0 Å². The lowest BCUT2D eigenvalue weighted by Gasteiger charge is -2.35. The molecule has 0 spiro atoms. The van der Waals surface area contributed by atoms with E-state index < -0.39 is 11.1 Å². The van der Waals surface area contributed by atoms with Gasteiger partial charge in [0.1, 0.15) is 0 Å². The summed E-state index contributed by atoms with van der Waals surface area (Å²) in [5.41, 5.74) is -0.373. The fourth-order valence-electron chi connectivity index (χ4n) is 1.54. The number of piperazine rings is 1. The Morgan fingerprint density at radius 1 is 1.46 bits per heavy atom. The van der Waals surface area contributed by atoms with Crippen LogP contribution in [0.15, 0.2) is 0 Å². The molecule has 2 N–H and O–H groups in total. The number of hydrogen-bond donors (Lipinski definition) is 2. The highest BCUT2D eigenvalue weighted by atomic mass is 32.2. The van der Waals surface area contributed by atoms with Crippen molar-refractivity contribution in [3.05, 3.63) is 0 Å². The number of nitrogens with one attached hydrogen (secondary N) is 1. The van der Waals surface area contributed by atoms with Crippen molar-refractivity contribution in [1.29, 1.82) is 0 Å². The molecule has 2 atom stereocenters. The largest absolute Gasteiger partial charge is 0.314 e. The van der Waals surface area contributed by atoms with Crippen LogP contribution in [0.4, 0.5) is 0 Å². The smallest absolute Gasteiger partial charge is 0.186 e. The summed E-state index contributed by atoms with van der Waals surface area (Å²) in [5.74, 6) is 0. The Bertz CT molecular complexity index is 183. The van der Waals surface area contributed by atoms with E-state index in [2.05, 4.69) is 5.32 Å². The molecule has 0 radical (unpaired) electrons. The van der Waals surface area contributed by atoms with Gasteiger partial charge in [-0.1, -0.05) is 0 Å². The van der Waals surface area contributed by atoms with Crippen LogP contribution in [0.1, 0.15) is 0 Å². The van der Waals surface area contributed by atoms with Gasteiger partial charge in [0.2, 0.25) is 0 Å². The van der Waals surface area contributed by atoms with Crippen LogP contribution in [-0.4, -0.2) is 64.3 Å². The zero-order valence-electron chi connectivity index (χ0n) is 8.06. The molecule has 1 aliphatic heterocycles. The zero-order chi connectivity index (χ0) is 9.84. The van der Waals surface area contributed by atoms with Crippen molar-refractivity contribution in [2.45, 2.75) is 5.50 Å². The normalized spacial score (nSPS) is 24.6. The first-order valence-corrected chi connectivity index (χ1v) is 5.51. The Hall–Kier alpha value is -0.0100. The Balaban J connectivity index is 2.57. The Morgan fingerprint density at radius 2 is 2.00 bits per heavy atom. The van der Waals surface area contributed by atoms with Crippen molar-refractivity contribution in [3.63, 3.8) is 0 Å². The first-order chi connectivity index (χ1) is 6.13. The standard InChI is InChI=1S/C7H17N3O2S/c1-9(2)7(13(11)12)10-5-3-8-4-6-10/h7-8H,3-6H2,1-2H3,(H,11,12). The van der Waals surface area contributed by atoms with E-state index in [1.165, 1.54) is 0 Å². The maximum atomic E-state index is 11.0. The van der Waals surface area contributed by atoms with Gasteiger partial charge in [0.25, 0.3) is 0 Å². The topological polar surface area (TPSA) is 55.8 Å². The maximum absolute atomic E-state index is 11.0. The lowest BCUT2D eigenvalue weighted by atomic mass is 10.4. The molecule has 1 fully saturated rings. The van der Waals surface area contributed by atoms with Crippen LogP contribution in [0, 0.1) is 0 Å². The quantitative estimate of drug-likeness (QED) is 0.579. The monoisotopic (exact) mass is 207 g/mol. The Labute approximate surface area is 81.4 Å². The second-order valence-corrected chi connectivity index (χ2v) is 4.33. The fourth-order valence-corrected chi connectivity index (χ4v) is 2.36. The molecule has 0 aromatic carbocycles. The molecule has 2 unspecified atom stereocenters. The van der Waals surface area contributed by atoms with Gasteiger partial charge < -0.3 is 9.87 Å². The lowest BCUT2D eigenvalue weighted by molar-refractivity contribution is 0.123. The van der Waals surface area contributed by atoms with E-state index in [4.69, 9.17) is 4.55 Å². The summed E-state index contributed by atoms with van der Waals surface area (Å²) >= 11 is -1.81. The molecular formula is C7H17N3O2S. The number of rotatable bonds is 3. The van der Waals surface area contributed by atoms with Gasteiger partial charge in [-0.05, 0) is 14.1 Å². The molecule has 5 nitrogen and oxygen atoms in total. The van der Waals surface area contributed by atoms with Gasteiger partial charge >= 0.3 is 0 Å². The molecule has 1 rings (SSSR count). The molecule has 1 aliphatic rings. The summed E-state index contributed by atoms with van der Waals surface area (Å²) < 4.78 is 20.2. The molecule has 0 aromatic rings. The van der Waals surface area contributed by atoms with Crippen molar-refractivity contribution in [2.75, 3.05) is 40.3 Å². The van der Waals surface area contributed by atoms with Gasteiger partial charge in [-0.25, -0.2) is 4.21 Å². The zero-order valence-corrected chi connectivity index (χ0v) is 8.88. The van der Waals surface area contributed by atoms with Crippen LogP contribution in [0.5, 0.6) is 0 Å². The molecule has 0 bridgehead atoms. The minimum atomic E-state index is -1.81. The molecule has 1 heterocycles. The molecule has 0 aliphatic carbocycles. The highest BCUT2D eigenvalue weighted by Gasteiger charge is 2.26. The summed E-state index contributed by atoms with van der Waals surface area (Å²) in [4.78, 5) is 3.80. The average molecular weight is 207 g/mol. The number of hydrogen-bond acceptors (Lipinski definition) is 4. The molecule has 0 amide bonds. The molecule has 13 heavy (non-hydrogen) atoms. The molecule has 0 aromatic heterocycles. The van der Waals surface area contributed by atoms with Crippen molar-refractivity contribution >= 4 is 11.1 Å². The van der Waals surface area contributed by atoms with Gasteiger partial charge in [-0.15, -0.1) is 0 Å². The predicted molar refractivity (Wildman–Crippen MR) is 52.7 cm³/mol. The van der Waals surface area contributed by atoms with E-state index in [0.717, 1.165) is 26.2 Å². The molecule has 1 saturated heterocycles. The van der Waals surface area contributed by atoms with Crippen LogP contribution >= 0.6 is 0 Å². The van der Waals surface area contributed by atoms with Crippen molar-refractivity contribution in [3.8, 4) is 0 Å². The summed E-state index contributed by atoms with van der Waals surface area (Å²) in [7, 11) is 3.64. The second kappa shape index (κ2) is 5.02. The van der Waals surface area contributed by atoms with E-state index in [-0.39, 0.29) is 5.50 Å². The van der Waals surface area contributed by atoms with Gasteiger partial charge in [-0.3, -0.25) is 9.80 Å². The highest BCUT2D eigenvalue weighted by molar-refractivity contribution is 7.79. The van der Waals surface area contributed by atoms with E-state index in [0.29, 0.717) is 0 Å². The minimum absolute atomic E-state index is 0.373. The third kappa shape index (κ3) is 2.99. The van der Waals surface area contributed by atoms with E-state index in [1.807, 2.05) is 19.0 Å². The third-order valence-corrected chi connectivity index (χ3v) is 3.17. The van der Waals surface area contributed by atoms with Gasteiger partial charge in [-0.2, -0.15) is 0 Å². The Morgan fingerprint density at radius 3 is 2.38 bits per heavy atom. The SMILES string of the molecule is CN(C)C(N1CCNCC1)S(=O)O. The van der Waals surface area contributed by atoms with E-state index in [9.17, 15) is 4.21 Å². The second-order valence-electron chi connectivity index (χ2n) is 3.35. The Kier molecular flexibility index (Phi) is 4.27. The van der Waals surface area contributed by atoms with E-state index >= 15 is 0 Å². The fraction of sp³-hybridized carbons (Fsp3) is 1.00. The molecular weight excluding hydrogens is 190 g/mol. The van der Waals surface area contributed by atoms with Crippen molar-refractivity contribution in [2.24, 2.45) is 0 Å². The highest BCUT2D eigenvalue weighted by Crippen LogP contribution is 2.06. The van der Waals surface area contributed by atoms with E-state index in [1.54, 1.807) is 4.90 Å². The first kappa shape index (κ1) is 11.1. The molecule has 78 valence electrons. The van der Waals surface area contributed by atoms with Crippen molar-refractivity contribution < 1.29 is 8.76 Å².